The maximum Gasteiger partial charge on any atom is 0.232 e. The molecule has 1 heterocycles. The van der Waals surface area contributed by atoms with Gasteiger partial charge in [-0.2, -0.15) is 0 Å². The SMILES string of the molecule is CCCCOc1ncc(CNCC)cc1Cl. The number of hydrogen-bond donors (Lipinski definition) is 1. The van der Waals surface area contributed by atoms with Crippen LogP contribution in [0.2, 0.25) is 5.02 Å². The van der Waals surface area contributed by atoms with Crippen LogP contribution in [0.5, 0.6) is 5.88 Å². The molecule has 1 aromatic heterocycles. The van der Waals surface area contributed by atoms with Crippen LogP contribution < -0.4 is 10.1 Å². The average molecular weight is 243 g/mol. The van der Waals surface area contributed by atoms with Crippen molar-refractivity contribution in [2.45, 2.75) is 33.2 Å². The molecular weight excluding hydrogens is 224 g/mol. The molecule has 3 nitrogen and oxygen atoms in total. The Morgan fingerprint density at radius 2 is 2.25 bits per heavy atom. The third-order valence-electron chi connectivity index (χ3n) is 2.18. The van der Waals surface area contributed by atoms with Gasteiger partial charge in [-0.05, 0) is 24.6 Å². The summed E-state index contributed by atoms with van der Waals surface area (Å²) >= 11 is 6.07. The molecule has 16 heavy (non-hydrogen) atoms. The normalized spacial score (nSPS) is 10.4. The lowest BCUT2D eigenvalue weighted by atomic mass is 10.3. The molecule has 0 saturated carbocycles. The summed E-state index contributed by atoms with van der Waals surface area (Å²) in [6.07, 6.45) is 3.93. The zero-order valence-electron chi connectivity index (χ0n) is 9.92. The van der Waals surface area contributed by atoms with Gasteiger partial charge in [0.1, 0.15) is 5.02 Å². The van der Waals surface area contributed by atoms with Crippen LogP contribution in [0.3, 0.4) is 0 Å². The Bertz CT molecular complexity index is 318. The smallest absolute Gasteiger partial charge is 0.232 e. The minimum Gasteiger partial charge on any atom is -0.477 e. The van der Waals surface area contributed by atoms with Crippen LogP contribution in [0, 0.1) is 0 Å². The number of unbranched alkanes of at least 4 members (excludes halogenated alkanes) is 1. The summed E-state index contributed by atoms with van der Waals surface area (Å²) in [5.74, 6) is 0.537. The summed E-state index contributed by atoms with van der Waals surface area (Å²) < 4.78 is 5.47. The van der Waals surface area contributed by atoms with Crippen LogP contribution in [-0.4, -0.2) is 18.1 Å². The van der Waals surface area contributed by atoms with Crippen LogP contribution in [-0.2, 0) is 6.54 Å². The van der Waals surface area contributed by atoms with Gasteiger partial charge in [0, 0.05) is 12.7 Å². The van der Waals surface area contributed by atoms with Crippen molar-refractivity contribution in [1.82, 2.24) is 10.3 Å². The number of aromatic nitrogens is 1. The first-order valence-corrected chi connectivity index (χ1v) is 6.13. The number of pyridine rings is 1. The first-order chi connectivity index (χ1) is 7.77. The lowest BCUT2D eigenvalue weighted by Gasteiger charge is -2.08. The summed E-state index contributed by atoms with van der Waals surface area (Å²) in [5.41, 5.74) is 1.08. The lowest BCUT2D eigenvalue weighted by molar-refractivity contribution is 0.298. The topological polar surface area (TPSA) is 34.1 Å². The van der Waals surface area contributed by atoms with E-state index in [9.17, 15) is 0 Å². The molecule has 0 fully saturated rings. The zero-order chi connectivity index (χ0) is 11.8. The van der Waals surface area contributed by atoms with E-state index in [2.05, 4.69) is 24.1 Å². The molecule has 90 valence electrons. The van der Waals surface area contributed by atoms with Crippen LogP contribution in [0.15, 0.2) is 12.3 Å². The van der Waals surface area contributed by atoms with Gasteiger partial charge >= 0.3 is 0 Å². The molecule has 0 spiro atoms. The molecule has 0 aliphatic heterocycles. The molecule has 0 saturated heterocycles. The fraction of sp³-hybridized carbons (Fsp3) is 0.583. The van der Waals surface area contributed by atoms with Gasteiger partial charge in [0.05, 0.1) is 6.61 Å². The van der Waals surface area contributed by atoms with Crippen molar-refractivity contribution < 1.29 is 4.74 Å². The molecular formula is C12H19ClN2O. The van der Waals surface area contributed by atoms with Gasteiger partial charge in [0.2, 0.25) is 5.88 Å². The second kappa shape index (κ2) is 7.47. The van der Waals surface area contributed by atoms with Crippen molar-refractivity contribution in [2.24, 2.45) is 0 Å². The first-order valence-electron chi connectivity index (χ1n) is 5.75. The van der Waals surface area contributed by atoms with E-state index in [1.54, 1.807) is 6.20 Å². The van der Waals surface area contributed by atoms with E-state index in [1.165, 1.54) is 0 Å². The van der Waals surface area contributed by atoms with Crippen LogP contribution >= 0.6 is 11.6 Å². The Kier molecular flexibility index (Phi) is 6.19. The van der Waals surface area contributed by atoms with Gasteiger partial charge in [-0.1, -0.05) is 31.9 Å². The molecule has 0 aromatic carbocycles. The predicted octanol–water partition coefficient (Wildman–Crippen LogP) is 3.02. The second-order valence-electron chi connectivity index (χ2n) is 3.61. The molecule has 0 radical (unpaired) electrons. The van der Waals surface area contributed by atoms with E-state index in [4.69, 9.17) is 16.3 Å². The standard InChI is InChI=1S/C12H19ClN2O/c1-3-5-6-16-12-11(13)7-10(9-15-12)8-14-4-2/h7,9,14H,3-6,8H2,1-2H3. The van der Waals surface area contributed by atoms with Gasteiger partial charge in [0.15, 0.2) is 0 Å². The molecule has 0 aliphatic carbocycles. The van der Waals surface area contributed by atoms with E-state index in [0.717, 1.165) is 31.5 Å². The molecule has 0 amide bonds. The number of rotatable bonds is 7. The van der Waals surface area contributed by atoms with E-state index < -0.39 is 0 Å². The molecule has 0 atom stereocenters. The number of halogens is 1. The highest BCUT2D eigenvalue weighted by atomic mass is 35.5. The zero-order valence-corrected chi connectivity index (χ0v) is 10.7. The summed E-state index contributed by atoms with van der Waals surface area (Å²) in [7, 11) is 0. The third-order valence-corrected chi connectivity index (χ3v) is 2.45. The Hall–Kier alpha value is -0.800. The minimum absolute atomic E-state index is 0.537. The highest BCUT2D eigenvalue weighted by Gasteiger charge is 2.04. The van der Waals surface area contributed by atoms with Gasteiger partial charge in [-0.3, -0.25) is 0 Å². The van der Waals surface area contributed by atoms with E-state index in [-0.39, 0.29) is 0 Å². The van der Waals surface area contributed by atoms with E-state index in [0.29, 0.717) is 17.5 Å². The van der Waals surface area contributed by atoms with Crippen molar-refractivity contribution in [3.05, 3.63) is 22.8 Å². The summed E-state index contributed by atoms with van der Waals surface area (Å²) in [5, 5.41) is 3.81. The lowest BCUT2D eigenvalue weighted by Crippen LogP contribution is -2.12. The molecule has 0 bridgehead atoms. The average Bonchev–Trinajstić information content (AvgIpc) is 2.29. The quantitative estimate of drug-likeness (QED) is 0.747. The van der Waals surface area contributed by atoms with Crippen molar-refractivity contribution in [2.75, 3.05) is 13.2 Å². The summed E-state index contributed by atoms with van der Waals surface area (Å²) in [4.78, 5) is 4.21. The summed E-state index contributed by atoms with van der Waals surface area (Å²) in [6.45, 7) is 6.59. The van der Waals surface area contributed by atoms with Gasteiger partial charge in [-0.15, -0.1) is 0 Å². The van der Waals surface area contributed by atoms with Gasteiger partial charge < -0.3 is 10.1 Å². The molecule has 4 heteroatoms. The molecule has 0 aliphatic rings. The number of nitrogens with zero attached hydrogens (tertiary/aromatic N) is 1. The molecule has 1 N–H and O–H groups in total. The maximum atomic E-state index is 6.07. The minimum atomic E-state index is 0.537. The second-order valence-corrected chi connectivity index (χ2v) is 4.02. The number of nitrogens with one attached hydrogen (secondary N) is 1. The third kappa shape index (κ3) is 4.37. The van der Waals surface area contributed by atoms with Gasteiger partial charge in [-0.25, -0.2) is 4.98 Å². The van der Waals surface area contributed by atoms with Crippen LogP contribution in [0.1, 0.15) is 32.3 Å². The maximum absolute atomic E-state index is 6.07. The van der Waals surface area contributed by atoms with Crippen LogP contribution in [0.4, 0.5) is 0 Å². The molecule has 1 aromatic rings. The molecule has 0 unspecified atom stereocenters. The molecule has 1 rings (SSSR count). The van der Waals surface area contributed by atoms with Crippen molar-refractivity contribution in [3.8, 4) is 5.88 Å². The Balaban J connectivity index is 2.53. The Morgan fingerprint density at radius 1 is 1.44 bits per heavy atom. The Morgan fingerprint density at radius 3 is 2.88 bits per heavy atom. The number of hydrogen-bond acceptors (Lipinski definition) is 3. The van der Waals surface area contributed by atoms with Crippen molar-refractivity contribution in [1.29, 1.82) is 0 Å². The predicted molar refractivity (Wildman–Crippen MR) is 67.0 cm³/mol. The summed E-state index contributed by atoms with van der Waals surface area (Å²) in [6, 6.07) is 1.90. The fourth-order valence-electron chi connectivity index (χ4n) is 1.25. The monoisotopic (exact) mass is 242 g/mol. The van der Waals surface area contributed by atoms with Crippen molar-refractivity contribution >= 4 is 11.6 Å². The van der Waals surface area contributed by atoms with Crippen LogP contribution in [0.25, 0.3) is 0 Å². The van der Waals surface area contributed by atoms with E-state index >= 15 is 0 Å². The highest BCUT2D eigenvalue weighted by molar-refractivity contribution is 6.31. The fourth-order valence-corrected chi connectivity index (χ4v) is 1.49. The number of ether oxygens (including phenoxy) is 1. The highest BCUT2D eigenvalue weighted by Crippen LogP contribution is 2.22. The van der Waals surface area contributed by atoms with Gasteiger partial charge in [0.25, 0.3) is 0 Å². The van der Waals surface area contributed by atoms with Crippen molar-refractivity contribution in [3.63, 3.8) is 0 Å². The first kappa shape index (κ1) is 13.3. The Labute approximate surface area is 102 Å². The van der Waals surface area contributed by atoms with E-state index in [1.807, 2.05) is 6.07 Å². The largest absolute Gasteiger partial charge is 0.477 e.